The summed E-state index contributed by atoms with van der Waals surface area (Å²) in [5.74, 6) is 2.78. The molecule has 8 aromatic rings. The van der Waals surface area contributed by atoms with E-state index in [1.54, 1.807) is 17.7 Å². The lowest BCUT2D eigenvalue weighted by Gasteiger charge is -2.48. The fourth-order valence-electron chi connectivity index (χ4n) is 8.45. The van der Waals surface area contributed by atoms with Crippen LogP contribution in [-0.4, -0.2) is 35.0 Å². The molecular formula is C39H31N7S. The summed E-state index contributed by atoms with van der Waals surface area (Å²) >= 11 is 1.79. The second-order valence-corrected chi connectivity index (χ2v) is 14.4. The number of nitrogens with zero attached hydrogens (tertiary/aromatic N) is 7. The summed E-state index contributed by atoms with van der Waals surface area (Å²) in [6.07, 6.45) is 8.07. The average molecular weight is 630 g/mol. The summed E-state index contributed by atoms with van der Waals surface area (Å²) < 4.78 is 4.63. The lowest BCUT2D eigenvalue weighted by Crippen LogP contribution is -2.55. The maximum absolute atomic E-state index is 5.38. The number of benzene rings is 4. The van der Waals surface area contributed by atoms with Crippen molar-refractivity contribution < 1.29 is 0 Å². The minimum Gasteiger partial charge on any atom is -0.288 e. The number of hydrogen-bond acceptors (Lipinski definition) is 7. The van der Waals surface area contributed by atoms with Crippen molar-refractivity contribution in [3.63, 3.8) is 0 Å². The SMILES string of the molecule is CC12CCCCC1(C)N(c1nc(-c3cccc4c3sc3ccccc34)nc(-n3c4ccccc4c4ccccc43)n1)c1ncncc12. The van der Waals surface area contributed by atoms with E-state index in [-0.39, 0.29) is 11.0 Å². The van der Waals surface area contributed by atoms with E-state index in [1.807, 2.05) is 6.20 Å². The van der Waals surface area contributed by atoms with Crippen LogP contribution in [0.1, 0.15) is 45.1 Å². The van der Waals surface area contributed by atoms with Crippen LogP contribution in [0.4, 0.5) is 11.8 Å². The molecule has 10 rings (SSSR count). The van der Waals surface area contributed by atoms with Crippen molar-refractivity contribution in [3.8, 4) is 17.3 Å². The van der Waals surface area contributed by atoms with E-state index in [1.165, 1.54) is 42.9 Å². The van der Waals surface area contributed by atoms with E-state index in [4.69, 9.17) is 19.9 Å². The number of fused-ring (bicyclic) bond motifs is 9. The number of para-hydroxylation sites is 2. The van der Waals surface area contributed by atoms with Gasteiger partial charge in [0.1, 0.15) is 12.1 Å². The van der Waals surface area contributed by atoms with Gasteiger partial charge < -0.3 is 0 Å². The lowest BCUT2D eigenvalue weighted by atomic mass is 9.62. The van der Waals surface area contributed by atoms with Crippen molar-refractivity contribution in [3.05, 3.63) is 109 Å². The van der Waals surface area contributed by atoms with Gasteiger partial charge in [0, 0.05) is 53.7 Å². The standard InChI is InChI=1S/C39H31N7S/c1-38-20-9-10-21-39(38,2)46(35-29(38)22-40-23-41-35)37-43-34(28-16-11-15-27-26-14-5-8-19-32(26)47-33(27)28)42-36(44-37)45-30-17-6-3-12-24(30)25-13-4-7-18-31(25)45/h3-8,11-19,22-23H,9-10,20-21H2,1-2H3. The molecular weight excluding hydrogens is 599 g/mol. The van der Waals surface area contributed by atoms with Crippen LogP contribution >= 0.6 is 11.3 Å². The van der Waals surface area contributed by atoms with Crippen LogP contribution in [0.3, 0.4) is 0 Å². The first-order valence-corrected chi connectivity index (χ1v) is 17.1. The molecule has 0 N–H and O–H groups in total. The molecule has 4 aromatic carbocycles. The van der Waals surface area contributed by atoms with Gasteiger partial charge in [-0.2, -0.15) is 15.0 Å². The Morgan fingerprint density at radius 2 is 1.36 bits per heavy atom. The van der Waals surface area contributed by atoms with E-state index in [2.05, 4.69) is 119 Å². The molecule has 0 amide bonds. The van der Waals surface area contributed by atoms with Crippen molar-refractivity contribution in [2.45, 2.75) is 50.5 Å². The largest absolute Gasteiger partial charge is 0.288 e. The Kier molecular flexibility index (Phi) is 5.54. The van der Waals surface area contributed by atoms with Crippen molar-refractivity contribution in [1.82, 2.24) is 29.5 Å². The zero-order chi connectivity index (χ0) is 31.3. The summed E-state index contributed by atoms with van der Waals surface area (Å²) in [6, 6.07) is 32.1. The number of hydrogen-bond donors (Lipinski definition) is 0. The molecule has 4 aromatic heterocycles. The predicted molar refractivity (Wildman–Crippen MR) is 191 cm³/mol. The summed E-state index contributed by atoms with van der Waals surface area (Å²) in [5, 5.41) is 4.81. The van der Waals surface area contributed by atoms with Gasteiger partial charge in [-0.25, -0.2) is 9.97 Å². The molecule has 1 aliphatic heterocycles. The molecule has 2 aliphatic rings. The fourth-order valence-corrected chi connectivity index (χ4v) is 9.66. The second kappa shape index (κ2) is 9.65. The first kappa shape index (κ1) is 27.0. The molecule has 0 bridgehead atoms. The maximum Gasteiger partial charge on any atom is 0.240 e. The monoisotopic (exact) mass is 629 g/mol. The molecule has 47 heavy (non-hydrogen) atoms. The van der Waals surface area contributed by atoms with Gasteiger partial charge in [0.25, 0.3) is 0 Å². The van der Waals surface area contributed by atoms with Gasteiger partial charge in [-0.3, -0.25) is 9.47 Å². The molecule has 0 radical (unpaired) electrons. The summed E-state index contributed by atoms with van der Waals surface area (Å²) in [5.41, 5.74) is 3.91. The van der Waals surface area contributed by atoms with Gasteiger partial charge in [0.2, 0.25) is 11.9 Å². The topological polar surface area (TPSA) is 72.6 Å². The van der Waals surface area contributed by atoms with Gasteiger partial charge in [0.05, 0.1) is 16.6 Å². The normalized spacial score (nSPS) is 20.8. The predicted octanol–water partition coefficient (Wildman–Crippen LogP) is 9.54. The van der Waals surface area contributed by atoms with Crippen LogP contribution in [-0.2, 0) is 5.41 Å². The molecule has 8 heteroatoms. The molecule has 1 fully saturated rings. The van der Waals surface area contributed by atoms with E-state index in [9.17, 15) is 0 Å². The van der Waals surface area contributed by atoms with Crippen molar-refractivity contribution in [2.24, 2.45) is 0 Å². The Bertz CT molecular complexity index is 2500. The molecule has 2 unspecified atom stereocenters. The van der Waals surface area contributed by atoms with Crippen LogP contribution in [0.5, 0.6) is 0 Å². The number of anilines is 2. The van der Waals surface area contributed by atoms with Crippen LogP contribution in [0.25, 0.3) is 59.3 Å². The molecule has 5 heterocycles. The quantitative estimate of drug-likeness (QED) is 0.194. The first-order valence-electron chi connectivity index (χ1n) is 16.3. The zero-order valence-electron chi connectivity index (χ0n) is 26.2. The summed E-state index contributed by atoms with van der Waals surface area (Å²) in [6.45, 7) is 4.74. The maximum atomic E-state index is 5.38. The van der Waals surface area contributed by atoms with E-state index in [0.29, 0.717) is 17.7 Å². The van der Waals surface area contributed by atoms with Gasteiger partial charge in [0.15, 0.2) is 5.82 Å². The van der Waals surface area contributed by atoms with Crippen LogP contribution in [0.15, 0.2) is 104 Å². The summed E-state index contributed by atoms with van der Waals surface area (Å²) in [7, 11) is 0. The second-order valence-electron chi connectivity index (χ2n) is 13.3. The highest BCUT2D eigenvalue weighted by molar-refractivity contribution is 7.26. The molecule has 7 nitrogen and oxygen atoms in total. The Morgan fingerprint density at radius 1 is 0.681 bits per heavy atom. The molecule has 228 valence electrons. The molecule has 0 spiro atoms. The Balaban J connectivity index is 1.30. The Labute approximate surface area is 275 Å². The number of aromatic nitrogens is 6. The zero-order valence-corrected chi connectivity index (χ0v) is 27.0. The van der Waals surface area contributed by atoms with Gasteiger partial charge in [-0.1, -0.05) is 86.5 Å². The fraction of sp³-hybridized carbons (Fsp3) is 0.205. The smallest absolute Gasteiger partial charge is 0.240 e. The van der Waals surface area contributed by atoms with E-state index < -0.39 is 0 Å². The van der Waals surface area contributed by atoms with Gasteiger partial charge in [-0.15, -0.1) is 11.3 Å². The van der Waals surface area contributed by atoms with E-state index in [0.717, 1.165) is 41.7 Å². The van der Waals surface area contributed by atoms with Crippen LogP contribution in [0, 0.1) is 0 Å². The molecule has 1 aliphatic carbocycles. The third kappa shape index (κ3) is 3.59. The Morgan fingerprint density at radius 3 is 2.17 bits per heavy atom. The van der Waals surface area contributed by atoms with Gasteiger partial charge >= 0.3 is 0 Å². The third-order valence-corrected chi connectivity index (χ3v) is 12.2. The van der Waals surface area contributed by atoms with Gasteiger partial charge in [-0.05, 0) is 44.0 Å². The van der Waals surface area contributed by atoms with Crippen molar-refractivity contribution >= 4 is 65.1 Å². The third-order valence-electron chi connectivity index (χ3n) is 11.0. The van der Waals surface area contributed by atoms with Crippen molar-refractivity contribution in [2.75, 3.05) is 4.90 Å². The summed E-state index contributed by atoms with van der Waals surface area (Å²) in [4.78, 5) is 27.8. The highest BCUT2D eigenvalue weighted by Gasteiger charge is 2.59. The van der Waals surface area contributed by atoms with Crippen molar-refractivity contribution in [1.29, 1.82) is 0 Å². The highest BCUT2D eigenvalue weighted by Crippen LogP contribution is 2.59. The highest BCUT2D eigenvalue weighted by atomic mass is 32.1. The molecule has 1 saturated carbocycles. The van der Waals surface area contributed by atoms with Crippen LogP contribution in [0.2, 0.25) is 0 Å². The van der Waals surface area contributed by atoms with E-state index >= 15 is 0 Å². The molecule has 2 atom stereocenters. The minimum atomic E-state index is -0.274. The lowest BCUT2D eigenvalue weighted by molar-refractivity contribution is 0.193. The average Bonchev–Trinajstić information content (AvgIpc) is 3.72. The number of thiophene rings is 1. The first-order chi connectivity index (χ1) is 23.0. The molecule has 0 saturated heterocycles. The van der Waals surface area contributed by atoms with Crippen LogP contribution < -0.4 is 4.90 Å². The Hall–Kier alpha value is -5.21. The minimum absolute atomic E-state index is 0.132. The number of rotatable bonds is 3.